The molecule has 1 aromatic rings. The molecule has 158 valence electrons. The molecule has 1 heterocycles. The van der Waals surface area contributed by atoms with Crippen LogP contribution in [0.5, 0.6) is 0 Å². The van der Waals surface area contributed by atoms with Gasteiger partial charge in [0.25, 0.3) is 5.91 Å². The number of hydrogen-bond donors (Lipinski definition) is 2. The molecule has 3 N–H and O–H groups in total. The molecule has 3 rings (SSSR count). The number of nitrogens with zero attached hydrogens (tertiary/aromatic N) is 1. The molecule has 0 spiro atoms. The summed E-state index contributed by atoms with van der Waals surface area (Å²) in [6.07, 6.45) is 5.83. The number of benzene rings is 1. The van der Waals surface area contributed by atoms with Crippen molar-refractivity contribution in [3.63, 3.8) is 0 Å². The number of likely N-dealkylation sites (tertiary alicyclic amines) is 1. The molecule has 8 heteroatoms. The average Bonchev–Trinajstić information content (AvgIpc) is 3.13. The standard InChI is InChI=1S/C20H31N3O3S.ClH/c1-14-9-10-16(20(24)23-11-5-6-17(13-23)15(2)21)12-19(14)27(25,26)22-18-7-3-4-8-18;/h9-10,12,15,17-18,22H,3-8,11,13,21H2,1-2H3;1H. The van der Waals surface area contributed by atoms with E-state index in [1.165, 1.54) is 6.07 Å². The summed E-state index contributed by atoms with van der Waals surface area (Å²) in [4.78, 5) is 15.0. The third-order valence-electron chi connectivity index (χ3n) is 5.89. The summed E-state index contributed by atoms with van der Waals surface area (Å²) in [6, 6.07) is 5.03. The Kier molecular flexibility index (Phi) is 7.90. The smallest absolute Gasteiger partial charge is 0.253 e. The van der Waals surface area contributed by atoms with Crippen LogP contribution < -0.4 is 10.5 Å². The van der Waals surface area contributed by atoms with Gasteiger partial charge in [-0.15, -0.1) is 12.4 Å². The van der Waals surface area contributed by atoms with Gasteiger partial charge in [0.15, 0.2) is 0 Å². The molecule has 1 aliphatic heterocycles. The molecule has 2 aliphatic rings. The Morgan fingerprint density at radius 2 is 1.89 bits per heavy atom. The quantitative estimate of drug-likeness (QED) is 0.752. The van der Waals surface area contributed by atoms with Crippen molar-refractivity contribution in [3.8, 4) is 0 Å². The van der Waals surface area contributed by atoms with Crippen molar-refractivity contribution in [2.24, 2.45) is 11.7 Å². The van der Waals surface area contributed by atoms with Crippen LogP contribution in [0.4, 0.5) is 0 Å². The molecule has 6 nitrogen and oxygen atoms in total. The van der Waals surface area contributed by atoms with Gasteiger partial charge in [0.05, 0.1) is 4.90 Å². The summed E-state index contributed by atoms with van der Waals surface area (Å²) < 4.78 is 28.5. The van der Waals surface area contributed by atoms with Gasteiger partial charge < -0.3 is 10.6 Å². The molecule has 28 heavy (non-hydrogen) atoms. The molecule has 2 fully saturated rings. The number of nitrogens with two attached hydrogens (primary N) is 1. The highest BCUT2D eigenvalue weighted by Crippen LogP contribution is 2.25. The zero-order valence-electron chi connectivity index (χ0n) is 16.7. The van der Waals surface area contributed by atoms with Gasteiger partial charge in [0.2, 0.25) is 10.0 Å². The lowest BCUT2D eigenvalue weighted by Crippen LogP contribution is -2.45. The molecule has 1 aromatic carbocycles. The van der Waals surface area contributed by atoms with Gasteiger partial charge in [0, 0.05) is 30.7 Å². The second-order valence-corrected chi connectivity index (χ2v) is 9.78. The lowest BCUT2D eigenvalue weighted by atomic mass is 9.92. The highest BCUT2D eigenvalue weighted by atomic mass is 35.5. The Labute approximate surface area is 174 Å². The van der Waals surface area contributed by atoms with E-state index in [0.29, 0.717) is 30.1 Å². The van der Waals surface area contributed by atoms with Crippen LogP contribution in [0.2, 0.25) is 0 Å². The minimum absolute atomic E-state index is 0. The van der Waals surface area contributed by atoms with Crippen LogP contribution in [-0.4, -0.2) is 44.4 Å². The second kappa shape index (κ2) is 9.57. The van der Waals surface area contributed by atoms with E-state index in [1.54, 1.807) is 19.1 Å². The zero-order chi connectivity index (χ0) is 19.6. The van der Waals surface area contributed by atoms with E-state index in [1.807, 2.05) is 11.8 Å². The second-order valence-electron chi connectivity index (χ2n) is 8.10. The van der Waals surface area contributed by atoms with Gasteiger partial charge in [-0.3, -0.25) is 4.79 Å². The number of rotatable bonds is 5. The predicted molar refractivity (Wildman–Crippen MR) is 113 cm³/mol. The molecule has 1 saturated carbocycles. The first kappa shape index (κ1) is 23.1. The Morgan fingerprint density at radius 3 is 2.54 bits per heavy atom. The first-order valence-corrected chi connectivity index (χ1v) is 11.4. The van der Waals surface area contributed by atoms with E-state index in [9.17, 15) is 13.2 Å². The van der Waals surface area contributed by atoms with Gasteiger partial charge in [-0.2, -0.15) is 0 Å². The molecule has 0 radical (unpaired) electrons. The number of carbonyl (C=O) groups excluding carboxylic acids is 1. The van der Waals surface area contributed by atoms with E-state index >= 15 is 0 Å². The number of nitrogens with one attached hydrogen (secondary N) is 1. The summed E-state index contributed by atoms with van der Waals surface area (Å²) in [7, 11) is -3.63. The molecule has 0 bridgehead atoms. The third-order valence-corrected chi connectivity index (χ3v) is 7.55. The fraction of sp³-hybridized carbons (Fsp3) is 0.650. The molecule has 2 unspecified atom stereocenters. The highest BCUT2D eigenvalue weighted by Gasteiger charge is 2.28. The minimum Gasteiger partial charge on any atom is -0.338 e. The van der Waals surface area contributed by atoms with Crippen molar-refractivity contribution in [2.45, 2.75) is 69.4 Å². The first-order valence-electron chi connectivity index (χ1n) is 9.96. The lowest BCUT2D eigenvalue weighted by molar-refractivity contribution is 0.0660. The van der Waals surface area contributed by atoms with Crippen molar-refractivity contribution in [1.82, 2.24) is 9.62 Å². The fourth-order valence-electron chi connectivity index (χ4n) is 4.16. The van der Waals surface area contributed by atoms with E-state index in [0.717, 1.165) is 38.5 Å². The topological polar surface area (TPSA) is 92.5 Å². The number of carbonyl (C=O) groups is 1. The van der Waals surface area contributed by atoms with Crippen LogP contribution in [0.25, 0.3) is 0 Å². The van der Waals surface area contributed by atoms with Gasteiger partial charge in [-0.05, 0) is 63.1 Å². The molecular weight excluding hydrogens is 398 g/mol. The molecule has 2 atom stereocenters. The van der Waals surface area contributed by atoms with Crippen LogP contribution in [0.3, 0.4) is 0 Å². The Bertz CT molecular complexity index is 792. The number of hydrogen-bond acceptors (Lipinski definition) is 4. The fourth-order valence-corrected chi connectivity index (χ4v) is 5.73. The largest absolute Gasteiger partial charge is 0.338 e. The monoisotopic (exact) mass is 429 g/mol. The molecule has 1 saturated heterocycles. The number of amides is 1. The number of sulfonamides is 1. The van der Waals surface area contributed by atoms with Crippen molar-refractivity contribution >= 4 is 28.3 Å². The summed E-state index contributed by atoms with van der Waals surface area (Å²) in [5.74, 6) is 0.179. The summed E-state index contributed by atoms with van der Waals surface area (Å²) in [6.45, 7) is 5.07. The maximum absolute atomic E-state index is 13.0. The van der Waals surface area contributed by atoms with Crippen LogP contribution in [0.1, 0.15) is 61.4 Å². The van der Waals surface area contributed by atoms with E-state index < -0.39 is 10.0 Å². The van der Waals surface area contributed by atoms with E-state index in [-0.39, 0.29) is 35.3 Å². The Morgan fingerprint density at radius 1 is 1.21 bits per heavy atom. The van der Waals surface area contributed by atoms with Crippen LogP contribution in [0.15, 0.2) is 23.1 Å². The number of aryl methyl sites for hydroxylation is 1. The molecule has 0 aromatic heterocycles. The molecule has 1 amide bonds. The average molecular weight is 430 g/mol. The van der Waals surface area contributed by atoms with Gasteiger partial charge in [0.1, 0.15) is 0 Å². The van der Waals surface area contributed by atoms with Gasteiger partial charge in [-0.1, -0.05) is 18.9 Å². The van der Waals surface area contributed by atoms with Gasteiger partial charge >= 0.3 is 0 Å². The van der Waals surface area contributed by atoms with Crippen molar-refractivity contribution < 1.29 is 13.2 Å². The maximum Gasteiger partial charge on any atom is 0.253 e. The third kappa shape index (κ3) is 5.26. The minimum atomic E-state index is -3.63. The van der Waals surface area contributed by atoms with Crippen LogP contribution in [-0.2, 0) is 10.0 Å². The number of halogens is 1. The normalized spacial score (nSPS) is 22.0. The number of piperidine rings is 1. The summed E-state index contributed by atoms with van der Waals surface area (Å²) >= 11 is 0. The molecular formula is C20H32ClN3O3S. The summed E-state index contributed by atoms with van der Waals surface area (Å²) in [5.41, 5.74) is 7.11. The van der Waals surface area contributed by atoms with Crippen LogP contribution in [0, 0.1) is 12.8 Å². The highest BCUT2D eigenvalue weighted by molar-refractivity contribution is 7.89. The maximum atomic E-state index is 13.0. The SMILES string of the molecule is Cc1ccc(C(=O)N2CCCC(C(C)N)C2)cc1S(=O)(=O)NC1CCCC1.Cl. The lowest BCUT2D eigenvalue weighted by Gasteiger charge is -2.34. The van der Waals surface area contributed by atoms with Crippen molar-refractivity contribution in [1.29, 1.82) is 0 Å². The van der Waals surface area contributed by atoms with Crippen LogP contribution >= 0.6 is 12.4 Å². The van der Waals surface area contributed by atoms with Crippen molar-refractivity contribution in [3.05, 3.63) is 29.3 Å². The van der Waals surface area contributed by atoms with Crippen molar-refractivity contribution in [2.75, 3.05) is 13.1 Å². The Hall–Kier alpha value is -1.15. The van der Waals surface area contributed by atoms with E-state index in [2.05, 4.69) is 4.72 Å². The Balaban J connectivity index is 0.00000280. The first-order chi connectivity index (χ1) is 12.8. The summed E-state index contributed by atoms with van der Waals surface area (Å²) in [5, 5.41) is 0. The predicted octanol–water partition coefficient (Wildman–Crippen LogP) is 2.84. The van der Waals surface area contributed by atoms with E-state index in [4.69, 9.17) is 5.73 Å². The van der Waals surface area contributed by atoms with Gasteiger partial charge in [-0.25, -0.2) is 13.1 Å². The molecule has 1 aliphatic carbocycles. The zero-order valence-corrected chi connectivity index (χ0v) is 18.3.